The molecule has 0 radical (unpaired) electrons. The van der Waals surface area contributed by atoms with Gasteiger partial charge in [0.25, 0.3) is 5.91 Å². The second-order valence-electron chi connectivity index (χ2n) is 5.43. The number of hydrogen-bond acceptors (Lipinski definition) is 3. The van der Waals surface area contributed by atoms with Gasteiger partial charge in [-0.1, -0.05) is 30.3 Å². The van der Waals surface area contributed by atoms with Crippen molar-refractivity contribution in [1.29, 1.82) is 0 Å². The second kappa shape index (κ2) is 6.01. The van der Waals surface area contributed by atoms with E-state index in [1.165, 1.54) is 0 Å². The number of aliphatic carboxylic acids is 1. The van der Waals surface area contributed by atoms with Gasteiger partial charge in [0, 0.05) is 18.2 Å². The summed E-state index contributed by atoms with van der Waals surface area (Å²) in [6, 6.07) is 11.1. The number of nitrogens with zero attached hydrogens (tertiary/aromatic N) is 2. The Morgan fingerprint density at radius 2 is 2.09 bits per heavy atom. The third-order valence-electron chi connectivity index (χ3n) is 3.93. The van der Waals surface area contributed by atoms with Crippen LogP contribution in [0, 0.1) is 0 Å². The van der Waals surface area contributed by atoms with Crippen molar-refractivity contribution in [2.75, 3.05) is 6.54 Å². The van der Waals surface area contributed by atoms with E-state index in [9.17, 15) is 9.59 Å². The molecule has 1 atom stereocenters. The molecule has 1 unspecified atom stereocenters. The monoisotopic (exact) mass is 299 g/mol. The molecular weight excluding hydrogens is 282 g/mol. The Hall–Kier alpha value is -2.63. The second-order valence-corrected chi connectivity index (χ2v) is 5.43. The van der Waals surface area contributed by atoms with Gasteiger partial charge in [0.05, 0.1) is 12.1 Å². The highest BCUT2D eigenvalue weighted by Crippen LogP contribution is 2.24. The molecule has 1 amide bonds. The van der Waals surface area contributed by atoms with Crippen LogP contribution in [0.3, 0.4) is 0 Å². The molecule has 1 aliphatic rings. The van der Waals surface area contributed by atoms with E-state index in [1.54, 1.807) is 11.0 Å². The Labute approximate surface area is 127 Å². The number of likely N-dealkylation sites (tertiary alicyclic amines) is 1. The van der Waals surface area contributed by atoms with Gasteiger partial charge in [-0.2, -0.15) is 5.10 Å². The van der Waals surface area contributed by atoms with Crippen molar-refractivity contribution >= 4 is 11.9 Å². The first-order chi connectivity index (χ1) is 10.6. The van der Waals surface area contributed by atoms with Gasteiger partial charge in [-0.15, -0.1) is 0 Å². The van der Waals surface area contributed by atoms with Crippen LogP contribution in [0.1, 0.15) is 29.8 Å². The summed E-state index contributed by atoms with van der Waals surface area (Å²) in [6.07, 6.45) is 1.56. The van der Waals surface area contributed by atoms with Gasteiger partial charge in [-0.3, -0.25) is 14.7 Å². The lowest BCUT2D eigenvalue weighted by atomic mass is 10.1. The Kier molecular flexibility index (Phi) is 3.91. The SMILES string of the molecule is O=C(O)CC1CCCN1C(=O)c1cc(-c2ccccc2)n[nH]1. The minimum absolute atomic E-state index is 0.00851. The number of carboxylic acids is 1. The number of rotatable bonds is 4. The van der Waals surface area contributed by atoms with Crippen molar-refractivity contribution in [3.8, 4) is 11.3 Å². The molecule has 1 saturated heterocycles. The number of aromatic nitrogens is 2. The Bertz CT molecular complexity index is 681. The summed E-state index contributed by atoms with van der Waals surface area (Å²) in [5.41, 5.74) is 2.04. The number of carbonyl (C=O) groups excluding carboxylic acids is 1. The number of benzene rings is 1. The zero-order chi connectivity index (χ0) is 15.5. The number of H-pyrrole nitrogens is 1. The third kappa shape index (κ3) is 2.86. The average molecular weight is 299 g/mol. The minimum Gasteiger partial charge on any atom is -0.481 e. The number of nitrogens with one attached hydrogen (secondary N) is 1. The minimum atomic E-state index is -0.876. The first-order valence-electron chi connectivity index (χ1n) is 7.29. The van der Waals surface area contributed by atoms with Gasteiger partial charge in [0.15, 0.2) is 0 Å². The number of hydrogen-bond donors (Lipinski definition) is 2. The summed E-state index contributed by atoms with van der Waals surface area (Å²) in [5, 5.41) is 15.9. The quantitative estimate of drug-likeness (QED) is 0.905. The van der Waals surface area contributed by atoms with Crippen molar-refractivity contribution in [2.24, 2.45) is 0 Å². The molecule has 0 bridgehead atoms. The predicted molar refractivity (Wildman–Crippen MR) is 80.3 cm³/mol. The smallest absolute Gasteiger partial charge is 0.305 e. The van der Waals surface area contributed by atoms with Crippen molar-refractivity contribution in [3.63, 3.8) is 0 Å². The molecule has 0 spiro atoms. The molecule has 3 rings (SSSR count). The maximum Gasteiger partial charge on any atom is 0.305 e. The first-order valence-corrected chi connectivity index (χ1v) is 7.29. The summed E-state index contributed by atoms with van der Waals surface area (Å²) in [5.74, 6) is -1.06. The van der Waals surface area contributed by atoms with E-state index in [4.69, 9.17) is 5.11 Å². The van der Waals surface area contributed by atoms with Crippen LogP contribution < -0.4 is 0 Å². The fourth-order valence-corrected chi connectivity index (χ4v) is 2.86. The van der Waals surface area contributed by atoms with Crippen molar-refractivity contribution in [1.82, 2.24) is 15.1 Å². The highest BCUT2D eigenvalue weighted by Gasteiger charge is 2.31. The van der Waals surface area contributed by atoms with Crippen LogP contribution in [0.25, 0.3) is 11.3 Å². The van der Waals surface area contributed by atoms with Gasteiger partial charge in [0.2, 0.25) is 0 Å². The van der Waals surface area contributed by atoms with Crippen molar-refractivity contribution in [2.45, 2.75) is 25.3 Å². The van der Waals surface area contributed by atoms with E-state index < -0.39 is 5.97 Å². The maximum absolute atomic E-state index is 12.5. The molecule has 1 aromatic carbocycles. The molecule has 2 heterocycles. The molecule has 6 heteroatoms. The maximum atomic E-state index is 12.5. The zero-order valence-electron chi connectivity index (χ0n) is 12.0. The lowest BCUT2D eigenvalue weighted by Crippen LogP contribution is -2.37. The average Bonchev–Trinajstić information content (AvgIpc) is 3.16. The normalized spacial score (nSPS) is 17.6. The molecule has 6 nitrogen and oxygen atoms in total. The molecule has 2 aromatic rings. The Balaban J connectivity index is 1.78. The summed E-state index contributed by atoms with van der Waals surface area (Å²) in [6.45, 7) is 0.594. The van der Waals surface area contributed by atoms with Crippen LogP contribution in [0.5, 0.6) is 0 Å². The summed E-state index contributed by atoms with van der Waals surface area (Å²) < 4.78 is 0. The van der Waals surface area contributed by atoms with Crippen LogP contribution in [0.15, 0.2) is 36.4 Å². The van der Waals surface area contributed by atoms with Crippen molar-refractivity contribution in [3.05, 3.63) is 42.1 Å². The fourth-order valence-electron chi connectivity index (χ4n) is 2.86. The summed E-state index contributed by atoms with van der Waals surface area (Å²) in [7, 11) is 0. The third-order valence-corrected chi connectivity index (χ3v) is 3.93. The Morgan fingerprint density at radius 1 is 1.32 bits per heavy atom. The van der Waals surface area contributed by atoms with Gasteiger partial charge >= 0.3 is 5.97 Å². The van der Waals surface area contributed by atoms with E-state index in [0.717, 1.165) is 18.4 Å². The van der Waals surface area contributed by atoms with Crippen LogP contribution in [0.2, 0.25) is 0 Å². The van der Waals surface area contributed by atoms with Gasteiger partial charge < -0.3 is 10.0 Å². The van der Waals surface area contributed by atoms with Crippen LogP contribution in [0.4, 0.5) is 0 Å². The predicted octanol–water partition coefficient (Wildman–Crippen LogP) is 2.16. The van der Waals surface area contributed by atoms with Gasteiger partial charge in [-0.25, -0.2) is 0 Å². The van der Waals surface area contributed by atoms with Crippen molar-refractivity contribution < 1.29 is 14.7 Å². The molecule has 114 valence electrons. The summed E-state index contributed by atoms with van der Waals surface area (Å²) in [4.78, 5) is 25.1. The molecular formula is C16H17N3O3. The van der Waals surface area contributed by atoms with E-state index in [0.29, 0.717) is 17.9 Å². The topological polar surface area (TPSA) is 86.3 Å². The van der Waals surface area contributed by atoms with E-state index >= 15 is 0 Å². The molecule has 1 aromatic heterocycles. The fraction of sp³-hybridized carbons (Fsp3) is 0.312. The van der Waals surface area contributed by atoms with E-state index in [-0.39, 0.29) is 18.4 Å². The molecule has 1 fully saturated rings. The largest absolute Gasteiger partial charge is 0.481 e. The first kappa shape index (κ1) is 14.3. The lowest BCUT2D eigenvalue weighted by molar-refractivity contribution is -0.137. The standard InChI is InChI=1S/C16H17N3O3/c20-15(21)9-12-7-4-8-19(12)16(22)14-10-13(17-18-14)11-5-2-1-3-6-11/h1-3,5-6,10,12H,4,7-9H2,(H,17,18)(H,20,21). The molecule has 0 saturated carbocycles. The number of carbonyl (C=O) groups is 2. The van der Waals surface area contributed by atoms with E-state index in [2.05, 4.69) is 10.2 Å². The molecule has 0 aliphatic carbocycles. The van der Waals surface area contributed by atoms with Crippen LogP contribution >= 0.6 is 0 Å². The van der Waals surface area contributed by atoms with Crippen LogP contribution in [-0.4, -0.2) is 44.7 Å². The number of amides is 1. The molecule has 2 N–H and O–H groups in total. The van der Waals surface area contributed by atoms with Gasteiger partial charge in [0.1, 0.15) is 5.69 Å². The highest BCUT2D eigenvalue weighted by atomic mass is 16.4. The lowest BCUT2D eigenvalue weighted by Gasteiger charge is -2.22. The highest BCUT2D eigenvalue weighted by molar-refractivity contribution is 5.94. The van der Waals surface area contributed by atoms with E-state index in [1.807, 2.05) is 30.3 Å². The molecule has 22 heavy (non-hydrogen) atoms. The number of aromatic amines is 1. The molecule has 1 aliphatic heterocycles. The summed E-state index contributed by atoms with van der Waals surface area (Å²) >= 11 is 0. The Morgan fingerprint density at radius 3 is 2.82 bits per heavy atom. The zero-order valence-corrected chi connectivity index (χ0v) is 12.0. The van der Waals surface area contributed by atoms with Crippen LogP contribution in [-0.2, 0) is 4.79 Å². The van der Waals surface area contributed by atoms with Gasteiger partial charge in [-0.05, 0) is 18.9 Å². The number of carboxylic acid groups (broad SMARTS) is 1.